The third-order valence-corrected chi connectivity index (χ3v) is 3.81. The minimum atomic E-state index is 0.615. The van der Waals surface area contributed by atoms with Gasteiger partial charge in [-0.05, 0) is 61.4 Å². The third-order valence-electron chi connectivity index (χ3n) is 3.81. The van der Waals surface area contributed by atoms with Crippen molar-refractivity contribution < 1.29 is 0 Å². The maximum Gasteiger partial charge on any atom is 0.0343 e. The van der Waals surface area contributed by atoms with E-state index in [4.69, 9.17) is 0 Å². The number of nitrogens with one attached hydrogen (secondary N) is 1. The number of pyridine rings is 1. The number of aromatic nitrogens is 1. The fourth-order valence-corrected chi connectivity index (χ4v) is 2.91. The van der Waals surface area contributed by atoms with Gasteiger partial charge in [-0.3, -0.25) is 4.98 Å². The van der Waals surface area contributed by atoms with E-state index in [9.17, 15) is 0 Å². The summed E-state index contributed by atoms with van der Waals surface area (Å²) in [5, 5.41) is 3.58. The molecular formula is C14H18N2. The zero-order valence-corrected chi connectivity index (χ0v) is 9.74. The molecule has 1 aliphatic heterocycles. The smallest absolute Gasteiger partial charge is 0.0343 e. The van der Waals surface area contributed by atoms with Gasteiger partial charge in [0.2, 0.25) is 0 Å². The Morgan fingerprint density at radius 1 is 1.31 bits per heavy atom. The van der Waals surface area contributed by atoms with Crippen LogP contribution in [0.25, 0.3) is 5.57 Å². The van der Waals surface area contributed by atoms with Gasteiger partial charge in [-0.2, -0.15) is 0 Å². The van der Waals surface area contributed by atoms with Crippen molar-refractivity contribution in [3.63, 3.8) is 0 Å². The van der Waals surface area contributed by atoms with Crippen molar-refractivity contribution in [3.8, 4) is 0 Å². The second kappa shape index (κ2) is 4.02. The highest BCUT2D eigenvalue weighted by molar-refractivity contribution is 5.67. The Bertz CT molecular complexity index is 422. The van der Waals surface area contributed by atoms with Crippen LogP contribution in [0.2, 0.25) is 0 Å². The van der Waals surface area contributed by atoms with Gasteiger partial charge in [0.15, 0.2) is 0 Å². The second-order valence-electron chi connectivity index (χ2n) is 5.01. The van der Waals surface area contributed by atoms with Gasteiger partial charge in [0.1, 0.15) is 0 Å². The number of rotatable bonds is 1. The molecule has 1 aromatic rings. The number of fused-ring (bicyclic) bond motifs is 1. The molecule has 84 valence electrons. The summed E-state index contributed by atoms with van der Waals surface area (Å²) in [7, 11) is 0. The van der Waals surface area contributed by atoms with Gasteiger partial charge in [-0.25, -0.2) is 0 Å². The van der Waals surface area contributed by atoms with Crippen LogP contribution in [0.4, 0.5) is 0 Å². The average molecular weight is 214 g/mol. The standard InChI is InChI=1S/C14H18N2/c1-10-6-13(9-15-8-10)12-3-2-11-4-5-16-14(11)7-12/h6-9,11,14,16H,2-5H2,1H3. The lowest BCUT2D eigenvalue weighted by molar-refractivity contribution is 0.465. The van der Waals surface area contributed by atoms with E-state index in [-0.39, 0.29) is 0 Å². The molecule has 0 amide bonds. The molecule has 0 spiro atoms. The first kappa shape index (κ1) is 10.0. The van der Waals surface area contributed by atoms with Crippen molar-refractivity contribution in [1.29, 1.82) is 0 Å². The van der Waals surface area contributed by atoms with Gasteiger partial charge in [-0.1, -0.05) is 6.08 Å². The Kier molecular flexibility index (Phi) is 2.52. The lowest BCUT2D eigenvalue weighted by Crippen LogP contribution is -2.27. The SMILES string of the molecule is Cc1cncc(C2=CC3NCCC3CC2)c1. The summed E-state index contributed by atoms with van der Waals surface area (Å²) in [4.78, 5) is 4.28. The van der Waals surface area contributed by atoms with E-state index in [1.165, 1.54) is 42.5 Å². The van der Waals surface area contributed by atoms with Crippen LogP contribution in [-0.4, -0.2) is 17.6 Å². The summed E-state index contributed by atoms with van der Waals surface area (Å²) in [6, 6.07) is 2.86. The van der Waals surface area contributed by atoms with Gasteiger partial charge in [0.25, 0.3) is 0 Å². The van der Waals surface area contributed by atoms with E-state index in [2.05, 4.69) is 29.4 Å². The lowest BCUT2D eigenvalue weighted by atomic mass is 9.84. The molecule has 2 aliphatic rings. The molecule has 2 heterocycles. The minimum Gasteiger partial charge on any atom is -0.310 e. The van der Waals surface area contributed by atoms with Gasteiger partial charge in [0.05, 0.1) is 0 Å². The van der Waals surface area contributed by atoms with E-state index in [1.54, 1.807) is 0 Å². The largest absolute Gasteiger partial charge is 0.310 e. The third kappa shape index (κ3) is 1.78. The lowest BCUT2D eigenvalue weighted by Gasteiger charge is -2.24. The number of aryl methyl sites for hydroxylation is 1. The highest BCUT2D eigenvalue weighted by Gasteiger charge is 2.28. The Labute approximate surface area is 96.8 Å². The van der Waals surface area contributed by atoms with E-state index < -0.39 is 0 Å². The molecule has 1 aliphatic carbocycles. The molecule has 2 nitrogen and oxygen atoms in total. The highest BCUT2D eigenvalue weighted by Crippen LogP contribution is 2.34. The zero-order chi connectivity index (χ0) is 11.0. The van der Waals surface area contributed by atoms with Crippen LogP contribution in [0.5, 0.6) is 0 Å². The van der Waals surface area contributed by atoms with Crippen LogP contribution in [-0.2, 0) is 0 Å². The Morgan fingerprint density at radius 2 is 2.25 bits per heavy atom. The molecule has 3 rings (SSSR count). The first-order chi connectivity index (χ1) is 7.83. The number of allylic oxidation sites excluding steroid dienone is 1. The first-order valence-corrected chi connectivity index (χ1v) is 6.19. The molecule has 1 aromatic heterocycles. The summed E-state index contributed by atoms with van der Waals surface area (Å²) in [6.45, 7) is 3.29. The Balaban J connectivity index is 1.90. The molecule has 1 fully saturated rings. The molecular weight excluding hydrogens is 196 g/mol. The molecule has 1 N–H and O–H groups in total. The number of hydrogen-bond donors (Lipinski definition) is 1. The molecule has 0 radical (unpaired) electrons. The summed E-state index contributed by atoms with van der Waals surface area (Å²) >= 11 is 0. The maximum absolute atomic E-state index is 4.28. The van der Waals surface area contributed by atoms with Crippen molar-refractivity contribution in [1.82, 2.24) is 10.3 Å². The quantitative estimate of drug-likeness (QED) is 0.777. The van der Waals surface area contributed by atoms with Crippen molar-refractivity contribution in [2.75, 3.05) is 6.54 Å². The van der Waals surface area contributed by atoms with Crippen LogP contribution < -0.4 is 5.32 Å². The van der Waals surface area contributed by atoms with Gasteiger partial charge in [0, 0.05) is 18.4 Å². The predicted molar refractivity (Wildman–Crippen MR) is 66.1 cm³/mol. The number of nitrogens with zero attached hydrogens (tertiary/aromatic N) is 1. The molecule has 2 heteroatoms. The first-order valence-electron chi connectivity index (χ1n) is 6.19. The van der Waals surface area contributed by atoms with E-state index in [0.29, 0.717) is 6.04 Å². The minimum absolute atomic E-state index is 0.615. The topological polar surface area (TPSA) is 24.9 Å². The highest BCUT2D eigenvalue weighted by atomic mass is 14.9. The summed E-state index contributed by atoms with van der Waals surface area (Å²) in [5.41, 5.74) is 4.04. The summed E-state index contributed by atoms with van der Waals surface area (Å²) in [5.74, 6) is 0.876. The molecule has 2 atom stereocenters. The molecule has 16 heavy (non-hydrogen) atoms. The van der Waals surface area contributed by atoms with Crippen LogP contribution >= 0.6 is 0 Å². The van der Waals surface area contributed by atoms with Gasteiger partial charge >= 0.3 is 0 Å². The fourth-order valence-electron chi connectivity index (χ4n) is 2.91. The Hall–Kier alpha value is -1.15. The summed E-state index contributed by atoms with van der Waals surface area (Å²) in [6.07, 6.45) is 10.2. The van der Waals surface area contributed by atoms with Crippen molar-refractivity contribution in [2.45, 2.75) is 32.2 Å². The summed E-state index contributed by atoms with van der Waals surface area (Å²) < 4.78 is 0. The van der Waals surface area contributed by atoms with Crippen LogP contribution in [0.3, 0.4) is 0 Å². The van der Waals surface area contributed by atoms with Crippen molar-refractivity contribution >= 4 is 5.57 Å². The molecule has 0 aromatic carbocycles. The van der Waals surface area contributed by atoms with Crippen molar-refractivity contribution in [3.05, 3.63) is 35.7 Å². The van der Waals surface area contributed by atoms with Crippen LogP contribution in [0, 0.1) is 12.8 Å². The monoisotopic (exact) mass is 214 g/mol. The maximum atomic E-state index is 4.28. The predicted octanol–water partition coefficient (Wildman–Crippen LogP) is 2.55. The average Bonchev–Trinajstić information content (AvgIpc) is 2.75. The van der Waals surface area contributed by atoms with Crippen molar-refractivity contribution in [2.24, 2.45) is 5.92 Å². The van der Waals surface area contributed by atoms with E-state index in [1.807, 2.05) is 12.4 Å². The normalized spacial score (nSPS) is 28.7. The van der Waals surface area contributed by atoms with E-state index in [0.717, 1.165) is 5.92 Å². The molecule has 0 bridgehead atoms. The molecule has 2 unspecified atom stereocenters. The van der Waals surface area contributed by atoms with Crippen LogP contribution in [0.1, 0.15) is 30.4 Å². The van der Waals surface area contributed by atoms with Gasteiger partial charge in [-0.15, -0.1) is 0 Å². The zero-order valence-electron chi connectivity index (χ0n) is 9.74. The van der Waals surface area contributed by atoms with E-state index >= 15 is 0 Å². The van der Waals surface area contributed by atoms with Gasteiger partial charge < -0.3 is 5.32 Å². The molecule has 1 saturated heterocycles. The Morgan fingerprint density at radius 3 is 3.12 bits per heavy atom. The second-order valence-corrected chi connectivity index (χ2v) is 5.01. The number of hydrogen-bond acceptors (Lipinski definition) is 2. The van der Waals surface area contributed by atoms with Crippen LogP contribution in [0.15, 0.2) is 24.5 Å². The fraction of sp³-hybridized carbons (Fsp3) is 0.500. The molecule has 0 saturated carbocycles.